The maximum atomic E-state index is 12.5. The van der Waals surface area contributed by atoms with E-state index in [4.69, 9.17) is 4.74 Å². The molecular weight excluding hydrogens is 304 g/mol. The second kappa shape index (κ2) is 7.69. The number of amides is 2. The smallest absolute Gasteiger partial charge is 0.255 e. The third kappa shape index (κ3) is 3.71. The number of nitrogens with one attached hydrogen (secondary N) is 1. The van der Waals surface area contributed by atoms with Crippen molar-refractivity contribution >= 4 is 11.8 Å². The van der Waals surface area contributed by atoms with E-state index in [1.165, 1.54) is 12.8 Å². The van der Waals surface area contributed by atoms with Crippen molar-refractivity contribution in [1.82, 2.24) is 10.2 Å². The van der Waals surface area contributed by atoms with Crippen LogP contribution in [0.1, 0.15) is 48.9 Å². The third-order valence-electron chi connectivity index (χ3n) is 5.20. The predicted molar refractivity (Wildman–Crippen MR) is 92.0 cm³/mol. The van der Waals surface area contributed by atoms with Crippen LogP contribution in [0, 0.1) is 5.92 Å². The van der Waals surface area contributed by atoms with Crippen LogP contribution >= 0.6 is 0 Å². The van der Waals surface area contributed by atoms with Crippen molar-refractivity contribution < 1.29 is 14.3 Å². The molecule has 0 unspecified atom stereocenters. The summed E-state index contributed by atoms with van der Waals surface area (Å²) in [6.07, 6.45) is 6.09. The molecule has 0 atom stereocenters. The Balaban J connectivity index is 1.51. The fourth-order valence-corrected chi connectivity index (χ4v) is 3.77. The van der Waals surface area contributed by atoms with Gasteiger partial charge < -0.3 is 15.0 Å². The van der Waals surface area contributed by atoms with Gasteiger partial charge in [-0.05, 0) is 37.8 Å². The second-order valence-corrected chi connectivity index (χ2v) is 6.75. The van der Waals surface area contributed by atoms with Crippen molar-refractivity contribution in [3.63, 3.8) is 0 Å². The van der Waals surface area contributed by atoms with Gasteiger partial charge >= 0.3 is 0 Å². The molecule has 5 heteroatoms. The molecule has 3 rings (SSSR count). The van der Waals surface area contributed by atoms with Crippen molar-refractivity contribution in [3.05, 3.63) is 29.8 Å². The molecule has 5 nitrogen and oxygen atoms in total. The lowest BCUT2D eigenvalue weighted by Gasteiger charge is -2.34. The molecule has 0 spiro atoms. The van der Waals surface area contributed by atoms with Gasteiger partial charge in [0, 0.05) is 25.0 Å². The molecule has 1 N–H and O–H groups in total. The Morgan fingerprint density at radius 3 is 2.42 bits per heavy atom. The number of para-hydroxylation sites is 1. The Kier molecular flexibility index (Phi) is 5.38. The first kappa shape index (κ1) is 16.8. The number of rotatable bonds is 4. The quantitative estimate of drug-likeness (QED) is 0.923. The summed E-state index contributed by atoms with van der Waals surface area (Å²) in [7, 11) is 1.57. The molecule has 0 bridgehead atoms. The first-order valence-electron chi connectivity index (χ1n) is 8.91. The predicted octanol–water partition coefficient (Wildman–Crippen LogP) is 2.61. The van der Waals surface area contributed by atoms with Crippen LogP contribution in [0.25, 0.3) is 0 Å². The van der Waals surface area contributed by atoms with Crippen molar-refractivity contribution in [2.45, 2.75) is 44.6 Å². The fourth-order valence-electron chi connectivity index (χ4n) is 3.77. The molecule has 1 saturated carbocycles. The molecule has 0 radical (unpaired) electrons. The molecule has 1 aromatic carbocycles. The van der Waals surface area contributed by atoms with Gasteiger partial charge in [-0.3, -0.25) is 9.59 Å². The standard InChI is InChI=1S/C19H26N2O3/c1-24-17-9-5-4-8-16(17)18(22)20-15-10-12-21(13-11-15)19(23)14-6-2-3-7-14/h4-5,8-9,14-15H,2-3,6-7,10-13H2,1H3,(H,20,22). The highest BCUT2D eigenvalue weighted by molar-refractivity contribution is 5.97. The van der Waals surface area contributed by atoms with Gasteiger partial charge in [-0.1, -0.05) is 25.0 Å². The van der Waals surface area contributed by atoms with Crippen LogP contribution < -0.4 is 10.1 Å². The van der Waals surface area contributed by atoms with Gasteiger partial charge in [-0.15, -0.1) is 0 Å². The first-order chi connectivity index (χ1) is 11.7. The summed E-state index contributed by atoms with van der Waals surface area (Å²) in [6.45, 7) is 1.48. The number of nitrogens with zero attached hydrogens (tertiary/aromatic N) is 1. The minimum atomic E-state index is -0.104. The van der Waals surface area contributed by atoms with Crippen molar-refractivity contribution in [2.24, 2.45) is 5.92 Å². The minimum Gasteiger partial charge on any atom is -0.496 e. The first-order valence-corrected chi connectivity index (χ1v) is 8.91. The van der Waals surface area contributed by atoms with E-state index in [-0.39, 0.29) is 17.9 Å². The van der Waals surface area contributed by atoms with Gasteiger partial charge in [0.1, 0.15) is 5.75 Å². The number of carbonyl (C=O) groups excluding carboxylic acids is 2. The summed E-state index contributed by atoms with van der Waals surface area (Å²) >= 11 is 0. The largest absolute Gasteiger partial charge is 0.496 e. The van der Waals surface area contributed by atoms with Crippen molar-refractivity contribution in [2.75, 3.05) is 20.2 Å². The van der Waals surface area contributed by atoms with Crippen LogP contribution in [-0.2, 0) is 4.79 Å². The molecule has 1 aromatic rings. The Labute approximate surface area is 143 Å². The Morgan fingerprint density at radius 1 is 1.08 bits per heavy atom. The van der Waals surface area contributed by atoms with E-state index in [0.717, 1.165) is 38.8 Å². The van der Waals surface area contributed by atoms with E-state index in [2.05, 4.69) is 5.32 Å². The lowest BCUT2D eigenvalue weighted by Crippen LogP contribution is -2.47. The SMILES string of the molecule is COc1ccccc1C(=O)NC1CCN(C(=O)C2CCCC2)CC1. The number of ether oxygens (including phenoxy) is 1. The fraction of sp³-hybridized carbons (Fsp3) is 0.579. The molecule has 1 saturated heterocycles. The number of methoxy groups -OCH3 is 1. The second-order valence-electron chi connectivity index (χ2n) is 6.75. The molecule has 2 aliphatic rings. The van der Waals surface area contributed by atoms with Gasteiger partial charge in [0.2, 0.25) is 5.91 Å². The van der Waals surface area contributed by atoms with Crippen LogP contribution in [-0.4, -0.2) is 43.0 Å². The Hall–Kier alpha value is -2.04. The summed E-state index contributed by atoms with van der Waals surface area (Å²) < 4.78 is 5.25. The molecule has 1 aliphatic carbocycles. The van der Waals surface area contributed by atoms with Gasteiger partial charge in [0.15, 0.2) is 0 Å². The van der Waals surface area contributed by atoms with E-state index in [9.17, 15) is 9.59 Å². The topological polar surface area (TPSA) is 58.6 Å². The highest BCUT2D eigenvalue weighted by Gasteiger charge is 2.30. The lowest BCUT2D eigenvalue weighted by molar-refractivity contribution is -0.136. The maximum Gasteiger partial charge on any atom is 0.255 e. The van der Waals surface area contributed by atoms with Crippen LogP contribution in [0.2, 0.25) is 0 Å². The van der Waals surface area contributed by atoms with Gasteiger partial charge in [0.05, 0.1) is 12.7 Å². The van der Waals surface area contributed by atoms with E-state index in [0.29, 0.717) is 17.2 Å². The van der Waals surface area contributed by atoms with E-state index < -0.39 is 0 Å². The number of hydrogen-bond acceptors (Lipinski definition) is 3. The summed E-state index contributed by atoms with van der Waals surface area (Å²) in [5.74, 6) is 1.04. The maximum absolute atomic E-state index is 12.5. The Bertz CT molecular complexity index is 588. The average molecular weight is 330 g/mol. The van der Waals surface area contributed by atoms with Crippen molar-refractivity contribution in [3.8, 4) is 5.75 Å². The number of carbonyl (C=O) groups is 2. The number of piperidine rings is 1. The highest BCUT2D eigenvalue weighted by Crippen LogP contribution is 2.27. The van der Waals surface area contributed by atoms with E-state index in [1.54, 1.807) is 19.2 Å². The lowest BCUT2D eigenvalue weighted by atomic mass is 10.0. The molecule has 1 aliphatic heterocycles. The molecule has 24 heavy (non-hydrogen) atoms. The number of benzene rings is 1. The molecule has 1 heterocycles. The average Bonchev–Trinajstić information content (AvgIpc) is 3.16. The van der Waals surface area contributed by atoms with Gasteiger partial charge in [-0.2, -0.15) is 0 Å². The molecular formula is C19H26N2O3. The summed E-state index contributed by atoms with van der Waals surface area (Å²) in [5.41, 5.74) is 0.560. The monoisotopic (exact) mass is 330 g/mol. The zero-order valence-corrected chi connectivity index (χ0v) is 14.3. The molecule has 2 amide bonds. The van der Waals surface area contributed by atoms with E-state index >= 15 is 0 Å². The van der Waals surface area contributed by atoms with Crippen LogP contribution in [0.4, 0.5) is 0 Å². The Morgan fingerprint density at radius 2 is 1.75 bits per heavy atom. The van der Waals surface area contributed by atoms with Crippen LogP contribution in [0.15, 0.2) is 24.3 Å². The molecule has 130 valence electrons. The van der Waals surface area contributed by atoms with Crippen LogP contribution in [0.3, 0.4) is 0 Å². The van der Waals surface area contributed by atoms with Gasteiger partial charge in [-0.25, -0.2) is 0 Å². The zero-order chi connectivity index (χ0) is 16.9. The molecule has 0 aromatic heterocycles. The van der Waals surface area contributed by atoms with Crippen LogP contribution in [0.5, 0.6) is 5.75 Å². The summed E-state index contributed by atoms with van der Waals surface area (Å²) in [6, 6.07) is 7.36. The molecule has 2 fully saturated rings. The van der Waals surface area contributed by atoms with E-state index in [1.807, 2.05) is 17.0 Å². The summed E-state index contributed by atoms with van der Waals surface area (Å²) in [5, 5.41) is 3.08. The summed E-state index contributed by atoms with van der Waals surface area (Å²) in [4.78, 5) is 26.9. The zero-order valence-electron chi connectivity index (χ0n) is 14.3. The van der Waals surface area contributed by atoms with Gasteiger partial charge in [0.25, 0.3) is 5.91 Å². The minimum absolute atomic E-state index is 0.104. The number of hydrogen-bond donors (Lipinski definition) is 1. The third-order valence-corrected chi connectivity index (χ3v) is 5.20. The van der Waals surface area contributed by atoms with Crippen molar-refractivity contribution in [1.29, 1.82) is 0 Å². The number of likely N-dealkylation sites (tertiary alicyclic amines) is 1. The normalized spacial score (nSPS) is 19.3. The highest BCUT2D eigenvalue weighted by atomic mass is 16.5.